The second-order valence-electron chi connectivity index (χ2n) is 5.04. The van der Waals surface area contributed by atoms with E-state index in [-0.39, 0.29) is 10.6 Å². The minimum Gasteiger partial charge on any atom is -0.455 e. The maximum Gasteiger partial charge on any atom is 0.272 e. The van der Waals surface area contributed by atoms with Gasteiger partial charge in [-0.15, -0.1) is 0 Å². The highest BCUT2D eigenvalue weighted by Crippen LogP contribution is 2.24. The molecule has 0 atom stereocenters. The van der Waals surface area contributed by atoms with Gasteiger partial charge in [0.15, 0.2) is 0 Å². The number of amides is 1. The summed E-state index contributed by atoms with van der Waals surface area (Å²) in [5.74, 6) is 0.688. The summed E-state index contributed by atoms with van der Waals surface area (Å²) < 4.78 is 5.65. The molecule has 0 fully saturated rings. The second kappa shape index (κ2) is 7.74. The predicted molar refractivity (Wildman–Crippen MR) is 101 cm³/mol. The number of nitrogens with one attached hydrogen (secondary N) is 1. The quantitative estimate of drug-likeness (QED) is 0.458. The SMILES string of the molecule is O=C(N/N=C\c1ccc(-c2cccc(Cl)c2)o1)c1ccc(Cl)cc1Cl. The zero-order valence-corrected chi connectivity index (χ0v) is 14.9. The van der Waals surface area contributed by atoms with Crippen LogP contribution < -0.4 is 5.43 Å². The lowest BCUT2D eigenvalue weighted by Crippen LogP contribution is -2.17. The smallest absolute Gasteiger partial charge is 0.272 e. The molecule has 3 aromatic rings. The number of furan rings is 1. The molecule has 0 aliphatic heterocycles. The summed E-state index contributed by atoms with van der Waals surface area (Å²) in [5.41, 5.74) is 3.52. The van der Waals surface area contributed by atoms with Crippen molar-refractivity contribution in [1.29, 1.82) is 0 Å². The molecule has 4 nitrogen and oxygen atoms in total. The molecule has 1 amide bonds. The molecule has 0 bridgehead atoms. The molecule has 1 aromatic heterocycles. The van der Waals surface area contributed by atoms with Gasteiger partial charge in [0.25, 0.3) is 5.91 Å². The van der Waals surface area contributed by atoms with Crippen molar-refractivity contribution >= 4 is 46.9 Å². The normalized spacial score (nSPS) is 11.0. The second-order valence-corrected chi connectivity index (χ2v) is 6.32. The van der Waals surface area contributed by atoms with Crippen LogP contribution in [-0.4, -0.2) is 12.1 Å². The number of benzene rings is 2. The third-order valence-corrected chi connectivity index (χ3v) is 4.05. The van der Waals surface area contributed by atoms with Gasteiger partial charge in [-0.2, -0.15) is 5.10 Å². The van der Waals surface area contributed by atoms with Gasteiger partial charge >= 0.3 is 0 Å². The van der Waals surface area contributed by atoms with Gasteiger partial charge < -0.3 is 4.42 Å². The van der Waals surface area contributed by atoms with E-state index >= 15 is 0 Å². The van der Waals surface area contributed by atoms with Crippen molar-refractivity contribution in [3.63, 3.8) is 0 Å². The molecule has 1 heterocycles. The van der Waals surface area contributed by atoms with Gasteiger partial charge in [0.2, 0.25) is 0 Å². The molecular weight excluding hydrogens is 383 g/mol. The number of carbonyl (C=O) groups is 1. The zero-order chi connectivity index (χ0) is 17.8. The van der Waals surface area contributed by atoms with Crippen LogP contribution in [0.1, 0.15) is 16.1 Å². The van der Waals surface area contributed by atoms with Crippen LogP contribution in [0.25, 0.3) is 11.3 Å². The molecule has 0 saturated carbocycles. The summed E-state index contributed by atoms with van der Waals surface area (Å²) in [6.07, 6.45) is 1.40. The van der Waals surface area contributed by atoms with E-state index in [2.05, 4.69) is 10.5 Å². The van der Waals surface area contributed by atoms with E-state index in [9.17, 15) is 4.79 Å². The Bertz CT molecular complexity index is 951. The molecule has 1 N–H and O–H groups in total. The predicted octanol–water partition coefficient (Wildman–Crippen LogP) is 5.67. The minimum absolute atomic E-state index is 0.251. The first-order chi connectivity index (χ1) is 12.0. The number of hydrazone groups is 1. The Kier molecular flexibility index (Phi) is 5.43. The molecular formula is C18H11Cl3N2O2. The summed E-state index contributed by atoms with van der Waals surface area (Å²) in [4.78, 5) is 12.0. The first-order valence-electron chi connectivity index (χ1n) is 7.17. The van der Waals surface area contributed by atoms with Crippen LogP contribution in [0.4, 0.5) is 0 Å². The van der Waals surface area contributed by atoms with Crippen LogP contribution in [-0.2, 0) is 0 Å². The lowest BCUT2D eigenvalue weighted by atomic mass is 10.2. The molecule has 7 heteroatoms. The number of hydrogen-bond donors (Lipinski definition) is 1. The Balaban J connectivity index is 1.68. The summed E-state index contributed by atoms with van der Waals surface area (Å²) in [6.45, 7) is 0. The first kappa shape index (κ1) is 17.5. The maximum absolute atomic E-state index is 12.0. The van der Waals surface area contributed by atoms with E-state index in [1.54, 1.807) is 30.3 Å². The fourth-order valence-electron chi connectivity index (χ4n) is 2.11. The van der Waals surface area contributed by atoms with Crippen LogP contribution in [0.5, 0.6) is 0 Å². The molecule has 0 spiro atoms. The molecule has 3 rings (SSSR count). The third-order valence-electron chi connectivity index (χ3n) is 3.27. The Morgan fingerprint density at radius 2 is 1.80 bits per heavy atom. The highest BCUT2D eigenvalue weighted by atomic mass is 35.5. The number of halogens is 3. The van der Waals surface area contributed by atoms with Crippen LogP contribution >= 0.6 is 34.8 Å². The van der Waals surface area contributed by atoms with Gasteiger partial charge in [-0.1, -0.05) is 46.9 Å². The van der Waals surface area contributed by atoms with E-state index in [4.69, 9.17) is 39.2 Å². The summed E-state index contributed by atoms with van der Waals surface area (Å²) in [5, 5.41) is 5.20. The van der Waals surface area contributed by atoms with Crippen molar-refractivity contribution < 1.29 is 9.21 Å². The van der Waals surface area contributed by atoms with Gasteiger partial charge in [0, 0.05) is 15.6 Å². The Morgan fingerprint density at radius 1 is 1.00 bits per heavy atom. The van der Waals surface area contributed by atoms with Crippen molar-refractivity contribution in [2.45, 2.75) is 0 Å². The summed E-state index contributed by atoms with van der Waals surface area (Å²) in [7, 11) is 0. The van der Waals surface area contributed by atoms with Crippen LogP contribution in [0, 0.1) is 0 Å². The molecule has 2 aromatic carbocycles. The fraction of sp³-hybridized carbons (Fsp3) is 0. The topological polar surface area (TPSA) is 54.6 Å². The number of hydrogen-bond acceptors (Lipinski definition) is 3. The van der Waals surface area contributed by atoms with Crippen molar-refractivity contribution in [3.8, 4) is 11.3 Å². The zero-order valence-electron chi connectivity index (χ0n) is 12.7. The lowest BCUT2D eigenvalue weighted by Gasteiger charge is -2.02. The Hall–Kier alpha value is -2.27. The molecule has 0 radical (unpaired) electrons. The number of carbonyl (C=O) groups excluding carboxylic acids is 1. The van der Waals surface area contributed by atoms with Crippen molar-refractivity contribution in [2.75, 3.05) is 0 Å². The van der Waals surface area contributed by atoms with Crippen molar-refractivity contribution in [2.24, 2.45) is 5.10 Å². The van der Waals surface area contributed by atoms with Gasteiger partial charge in [-0.3, -0.25) is 4.79 Å². The van der Waals surface area contributed by atoms with Gasteiger partial charge in [0.1, 0.15) is 11.5 Å². The maximum atomic E-state index is 12.0. The lowest BCUT2D eigenvalue weighted by molar-refractivity contribution is 0.0955. The van der Waals surface area contributed by atoms with Crippen LogP contribution in [0.3, 0.4) is 0 Å². The average Bonchev–Trinajstić information content (AvgIpc) is 3.03. The first-order valence-corrected chi connectivity index (χ1v) is 8.30. The van der Waals surface area contributed by atoms with Gasteiger partial charge in [0.05, 0.1) is 16.8 Å². The molecule has 0 aliphatic rings. The van der Waals surface area contributed by atoms with E-state index < -0.39 is 5.91 Å². The van der Waals surface area contributed by atoms with Crippen LogP contribution in [0.2, 0.25) is 15.1 Å². The summed E-state index contributed by atoms with van der Waals surface area (Å²) in [6, 6.07) is 15.4. The largest absolute Gasteiger partial charge is 0.455 e. The standard InChI is InChI=1S/C18H11Cl3N2O2/c19-12-3-1-2-11(8-12)17-7-5-14(25-17)10-22-23-18(24)15-6-4-13(20)9-16(15)21/h1-10H,(H,23,24)/b22-10-. The van der Waals surface area contributed by atoms with E-state index in [1.807, 2.05) is 12.1 Å². The third kappa shape index (κ3) is 4.42. The van der Waals surface area contributed by atoms with Crippen molar-refractivity contribution in [1.82, 2.24) is 5.43 Å². The Morgan fingerprint density at radius 3 is 2.56 bits per heavy atom. The molecule has 0 unspecified atom stereocenters. The average molecular weight is 394 g/mol. The van der Waals surface area contributed by atoms with Crippen LogP contribution in [0.15, 0.2) is 64.1 Å². The van der Waals surface area contributed by atoms with Gasteiger partial charge in [-0.25, -0.2) is 5.43 Å². The summed E-state index contributed by atoms with van der Waals surface area (Å²) >= 11 is 17.7. The van der Waals surface area contributed by atoms with Gasteiger partial charge in [-0.05, 0) is 42.5 Å². The minimum atomic E-state index is -0.445. The van der Waals surface area contributed by atoms with E-state index in [0.717, 1.165) is 5.56 Å². The fourth-order valence-corrected chi connectivity index (χ4v) is 2.79. The highest BCUT2D eigenvalue weighted by molar-refractivity contribution is 6.36. The Labute approximate surface area is 159 Å². The molecule has 0 saturated heterocycles. The molecule has 0 aliphatic carbocycles. The van der Waals surface area contributed by atoms with E-state index in [1.165, 1.54) is 18.3 Å². The van der Waals surface area contributed by atoms with Crippen molar-refractivity contribution in [3.05, 3.63) is 81.0 Å². The van der Waals surface area contributed by atoms with E-state index in [0.29, 0.717) is 21.6 Å². The monoisotopic (exact) mass is 392 g/mol. The highest BCUT2D eigenvalue weighted by Gasteiger charge is 2.10. The molecule has 126 valence electrons. The number of rotatable bonds is 4. The number of nitrogens with zero attached hydrogens (tertiary/aromatic N) is 1. The molecule has 25 heavy (non-hydrogen) atoms.